The molecule has 2 aromatic heterocycles. The lowest BCUT2D eigenvalue weighted by Gasteiger charge is -2.40. The van der Waals surface area contributed by atoms with Crippen LogP contribution in [0.1, 0.15) is 31.0 Å². The van der Waals surface area contributed by atoms with Crippen LogP contribution in [0.25, 0.3) is 27.7 Å². The Kier molecular flexibility index (Phi) is 6.71. The van der Waals surface area contributed by atoms with Crippen molar-refractivity contribution in [3.05, 3.63) is 82.6 Å². The van der Waals surface area contributed by atoms with Crippen LogP contribution in [0.3, 0.4) is 0 Å². The number of halogens is 2. The number of carbonyl (C=O) groups excluding carboxylic acids is 2. The maximum Gasteiger partial charge on any atom is 0.354 e. The molecule has 1 saturated heterocycles. The van der Waals surface area contributed by atoms with E-state index >= 15 is 8.78 Å². The van der Waals surface area contributed by atoms with Gasteiger partial charge in [-0.1, -0.05) is 38.6 Å². The van der Waals surface area contributed by atoms with Crippen LogP contribution in [0, 0.1) is 18.6 Å². The van der Waals surface area contributed by atoms with Gasteiger partial charge in [-0.2, -0.15) is 4.98 Å². The van der Waals surface area contributed by atoms with Gasteiger partial charge in [-0.25, -0.2) is 13.6 Å². The predicted molar refractivity (Wildman–Crippen MR) is 158 cm³/mol. The Morgan fingerprint density at radius 3 is 2.60 bits per heavy atom. The van der Waals surface area contributed by atoms with Crippen LogP contribution in [0.2, 0.25) is 0 Å². The highest BCUT2D eigenvalue weighted by Crippen LogP contribution is 2.45. The monoisotopic (exact) mass is 586 g/mol. The van der Waals surface area contributed by atoms with E-state index in [2.05, 4.69) is 21.9 Å². The first-order chi connectivity index (χ1) is 20.5. The number of pyridine rings is 1. The molecule has 1 unspecified atom stereocenters. The number of para-hydroxylation sites is 1. The summed E-state index contributed by atoms with van der Waals surface area (Å²) in [7, 11) is 0. The molecule has 0 saturated carbocycles. The highest BCUT2D eigenvalue weighted by atomic mass is 19.1. The molecule has 4 aromatic rings. The number of phenolic OH excluding ortho intramolecular Hbond substituents is 1. The molecular weight excluding hydrogens is 558 g/mol. The number of aromatic hydroxyl groups is 1. The molecule has 2 amide bonds. The minimum absolute atomic E-state index is 0.0658. The van der Waals surface area contributed by atoms with E-state index in [9.17, 15) is 19.5 Å². The third-order valence-corrected chi connectivity index (χ3v) is 7.98. The molecule has 1 atom stereocenters. The fourth-order valence-corrected chi connectivity index (χ4v) is 5.93. The molecule has 2 aliphatic rings. The van der Waals surface area contributed by atoms with Gasteiger partial charge in [0, 0.05) is 24.8 Å². The van der Waals surface area contributed by atoms with Gasteiger partial charge in [0.1, 0.15) is 23.1 Å². The molecule has 10 nitrogen and oxygen atoms in total. The zero-order chi connectivity index (χ0) is 30.7. The Hall–Kier alpha value is -5.13. The average molecular weight is 587 g/mol. The van der Waals surface area contributed by atoms with Crippen LogP contribution in [0.5, 0.6) is 5.75 Å². The van der Waals surface area contributed by atoms with Gasteiger partial charge < -0.3 is 20.2 Å². The summed E-state index contributed by atoms with van der Waals surface area (Å²) in [4.78, 5) is 51.8. The molecule has 0 aliphatic carbocycles. The van der Waals surface area contributed by atoms with E-state index in [1.165, 1.54) is 34.1 Å². The van der Waals surface area contributed by atoms with Crippen LogP contribution in [-0.2, 0) is 9.59 Å². The van der Waals surface area contributed by atoms with Gasteiger partial charge in [-0.05, 0) is 36.6 Å². The molecule has 2 N–H and O–H groups in total. The summed E-state index contributed by atoms with van der Waals surface area (Å²) in [5.74, 6) is -4.00. The average Bonchev–Trinajstić information content (AvgIpc) is 3.10. The van der Waals surface area contributed by atoms with Gasteiger partial charge in [0.05, 0.1) is 34.6 Å². The van der Waals surface area contributed by atoms with Gasteiger partial charge in [-0.15, -0.1) is 0 Å². The van der Waals surface area contributed by atoms with E-state index in [0.717, 1.165) is 10.6 Å². The number of benzene rings is 2. The van der Waals surface area contributed by atoms with Crippen LogP contribution in [-0.4, -0.2) is 62.0 Å². The molecule has 12 heteroatoms. The van der Waals surface area contributed by atoms with Crippen molar-refractivity contribution in [2.24, 2.45) is 0 Å². The second-order valence-electron chi connectivity index (χ2n) is 10.9. The zero-order valence-electron chi connectivity index (χ0n) is 23.7. The lowest BCUT2D eigenvalue weighted by atomic mass is 9.98. The van der Waals surface area contributed by atoms with Crippen molar-refractivity contribution in [3.8, 4) is 22.6 Å². The zero-order valence-corrected chi connectivity index (χ0v) is 23.7. The van der Waals surface area contributed by atoms with E-state index in [0.29, 0.717) is 11.3 Å². The SMILES string of the molecule is C=CC(=O)N1CCN2c3nc(=O)n(-c4c(C)ccnc4C(C)C)c4c(F)c(-c5ccccc5O)c(F)c(c34)NC(=O)C2C1. The molecular formula is C31H28F2N6O4. The molecule has 43 heavy (non-hydrogen) atoms. The highest BCUT2D eigenvalue weighted by molar-refractivity contribution is 6.13. The number of amides is 2. The van der Waals surface area contributed by atoms with E-state index < -0.39 is 46.5 Å². The number of rotatable bonds is 4. The molecule has 0 radical (unpaired) electrons. The summed E-state index contributed by atoms with van der Waals surface area (Å²) in [5, 5.41) is 13.1. The van der Waals surface area contributed by atoms with Crippen LogP contribution >= 0.6 is 0 Å². The lowest BCUT2D eigenvalue weighted by Crippen LogP contribution is -2.58. The quantitative estimate of drug-likeness (QED) is 0.347. The summed E-state index contributed by atoms with van der Waals surface area (Å²) in [6.45, 7) is 9.13. The van der Waals surface area contributed by atoms with E-state index in [4.69, 9.17) is 0 Å². The van der Waals surface area contributed by atoms with Crippen LogP contribution < -0.4 is 15.9 Å². The fourth-order valence-electron chi connectivity index (χ4n) is 5.93. The highest BCUT2D eigenvalue weighted by Gasteiger charge is 2.41. The third kappa shape index (κ3) is 4.24. The van der Waals surface area contributed by atoms with E-state index in [1.54, 1.807) is 19.2 Å². The number of hydrogen-bond donors (Lipinski definition) is 2. The number of aryl methyl sites for hydroxylation is 1. The van der Waals surface area contributed by atoms with Gasteiger partial charge in [-0.3, -0.25) is 19.1 Å². The minimum atomic E-state index is -1.14. The second-order valence-corrected chi connectivity index (χ2v) is 10.9. The first-order valence-electron chi connectivity index (χ1n) is 13.8. The predicted octanol–water partition coefficient (Wildman–Crippen LogP) is 4.02. The Balaban J connectivity index is 1.77. The molecule has 0 spiro atoms. The minimum Gasteiger partial charge on any atom is -0.507 e. The first kappa shape index (κ1) is 28.0. The Labute approximate surface area is 244 Å². The number of hydrogen-bond acceptors (Lipinski definition) is 7. The van der Waals surface area contributed by atoms with Crippen molar-refractivity contribution in [1.29, 1.82) is 0 Å². The maximum absolute atomic E-state index is 17.0. The summed E-state index contributed by atoms with van der Waals surface area (Å²) in [6, 6.07) is 6.26. The van der Waals surface area contributed by atoms with E-state index in [-0.39, 0.29) is 59.2 Å². The molecule has 220 valence electrons. The number of anilines is 2. The maximum atomic E-state index is 17.0. The number of aromatic nitrogens is 3. The Bertz CT molecular complexity index is 1920. The Morgan fingerprint density at radius 1 is 1.16 bits per heavy atom. The van der Waals surface area contributed by atoms with Gasteiger partial charge in [0.15, 0.2) is 11.6 Å². The molecule has 2 aromatic carbocycles. The first-order valence-corrected chi connectivity index (χ1v) is 13.8. The number of piperazine rings is 1. The summed E-state index contributed by atoms with van der Waals surface area (Å²) < 4.78 is 34.7. The molecule has 0 bridgehead atoms. The van der Waals surface area contributed by atoms with Gasteiger partial charge in [0.2, 0.25) is 11.8 Å². The number of carbonyl (C=O) groups is 2. The molecule has 4 heterocycles. The van der Waals surface area contributed by atoms with Crippen molar-refractivity contribution in [3.63, 3.8) is 0 Å². The van der Waals surface area contributed by atoms with Crippen molar-refractivity contribution in [2.75, 3.05) is 29.9 Å². The van der Waals surface area contributed by atoms with Crippen molar-refractivity contribution < 1.29 is 23.5 Å². The topological polar surface area (TPSA) is 121 Å². The van der Waals surface area contributed by atoms with Crippen molar-refractivity contribution >= 4 is 34.2 Å². The Morgan fingerprint density at radius 2 is 1.91 bits per heavy atom. The summed E-state index contributed by atoms with van der Waals surface area (Å²) in [6.07, 6.45) is 2.72. The van der Waals surface area contributed by atoms with Crippen molar-refractivity contribution in [2.45, 2.75) is 32.7 Å². The largest absolute Gasteiger partial charge is 0.507 e. The van der Waals surface area contributed by atoms with Crippen LogP contribution in [0.15, 0.2) is 54.0 Å². The second kappa shape index (κ2) is 10.3. The number of nitrogens with one attached hydrogen (secondary N) is 1. The molecule has 1 fully saturated rings. The standard InChI is InChI=1S/C31H28F2N6O4/c1-5-20(41)37-12-13-38-18(14-37)30(42)35-26-22-28(24(33)21(23(26)32)17-8-6-7-9-19(17)40)39(31(43)36-29(22)38)27-16(4)10-11-34-25(27)15(2)3/h5-11,15,18,40H,1,12-14H2,2-4H3,(H,35,42). The van der Waals surface area contributed by atoms with E-state index in [1.807, 2.05) is 13.8 Å². The van der Waals surface area contributed by atoms with Crippen LogP contribution in [0.4, 0.5) is 20.3 Å². The normalized spacial score (nSPS) is 16.2. The van der Waals surface area contributed by atoms with Gasteiger partial charge in [0.25, 0.3) is 0 Å². The number of nitrogens with zero attached hydrogens (tertiary/aromatic N) is 5. The number of fused-ring (bicyclic) bond motifs is 2. The van der Waals surface area contributed by atoms with Crippen molar-refractivity contribution in [1.82, 2.24) is 19.4 Å². The summed E-state index contributed by atoms with van der Waals surface area (Å²) >= 11 is 0. The molecule has 2 aliphatic heterocycles. The molecule has 6 rings (SSSR count). The fraction of sp³-hybridized carbons (Fsp3) is 0.258. The lowest BCUT2D eigenvalue weighted by molar-refractivity contribution is -0.128. The smallest absolute Gasteiger partial charge is 0.354 e. The summed E-state index contributed by atoms with van der Waals surface area (Å²) in [5.41, 5.74) is -0.999. The number of phenols is 1. The van der Waals surface area contributed by atoms with Gasteiger partial charge >= 0.3 is 5.69 Å². The third-order valence-electron chi connectivity index (χ3n) is 7.98.